The van der Waals surface area contributed by atoms with E-state index in [9.17, 15) is 4.79 Å². The molecule has 10 heteroatoms. The first-order chi connectivity index (χ1) is 17.7. The fourth-order valence-electron chi connectivity index (χ4n) is 3.85. The van der Waals surface area contributed by atoms with Crippen molar-refractivity contribution in [1.29, 1.82) is 0 Å². The number of fused-ring (bicyclic) bond motifs is 1. The first kappa shape index (κ1) is 26.4. The third-order valence-electron chi connectivity index (χ3n) is 5.89. The van der Waals surface area contributed by atoms with Crippen molar-refractivity contribution in [3.63, 3.8) is 0 Å². The van der Waals surface area contributed by atoms with Gasteiger partial charge in [0.15, 0.2) is 22.5 Å². The molecule has 0 N–H and O–H groups in total. The Morgan fingerprint density at radius 2 is 1.81 bits per heavy atom. The maximum absolute atomic E-state index is 12.7. The highest BCUT2D eigenvalue weighted by Gasteiger charge is 2.31. The van der Waals surface area contributed by atoms with Crippen LogP contribution in [0.25, 0.3) is 0 Å². The van der Waals surface area contributed by atoms with Crippen LogP contribution in [0.4, 0.5) is 0 Å². The van der Waals surface area contributed by atoms with E-state index in [-0.39, 0.29) is 17.9 Å². The third-order valence-corrected chi connectivity index (χ3v) is 6.85. The van der Waals surface area contributed by atoms with Gasteiger partial charge in [-0.05, 0) is 29.2 Å². The van der Waals surface area contributed by atoms with E-state index in [1.165, 1.54) is 24.4 Å². The zero-order chi connectivity index (χ0) is 26.6. The SMILES string of the molecule is C=CCn1c(COc2ccc(C(C)(C)C)cc2)nnc1SCC1=NC(=O)C2C=C(OC)C(OC)=CC2=N1. The number of hydrogen-bond acceptors (Lipinski definition) is 8. The monoisotopic (exact) mass is 521 g/mol. The zero-order valence-electron chi connectivity index (χ0n) is 21.7. The van der Waals surface area contributed by atoms with E-state index in [4.69, 9.17) is 14.2 Å². The van der Waals surface area contributed by atoms with Gasteiger partial charge in [0.2, 0.25) is 0 Å². The molecule has 9 nitrogen and oxygen atoms in total. The van der Waals surface area contributed by atoms with Gasteiger partial charge in [-0.25, -0.2) is 4.99 Å². The van der Waals surface area contributed by atoms with Crippen LogP contribution < -0.4 is 4.74 Å². The number of rotatable bonds is 10. The van der Waals surface area contributed by atoms with Crippen molar-refractivity contribution in [1.82, 2.24) is 14.8 Å². The van der Waals surface area contributed by atoms with Crippen LogP contribution in [-0.2, 0) is 32.8 Å². The molecule has 2 heterocycles. The highest BCUT2D eigenvalue weighted by molar-refractivity contribution is 7.99. The lowest BCUT2D eigenvalue weighted by Crippen LogP contribution is -2.30. The summed E-state index contributed by atoms with van der Waals surface area (Å²) < 4.78 is 18.6. The molecule has 0 fully saturated rings. The Bertz CT molecular complexity index is 1300. The summed E-state index contributed by atoms with van der Waals surface area (Å²) in [7, 11) is 3.07. The number of hydrogen-bond donors (Lipinski definition) is 0. The standard InChI is InChI=1S/C27H31N5O4S/c1-7-12-32-24(15-36-18-10-8-17(9-11-18)27(2,3)4)30-31-26(32)37-16-23-28-20-14-22(35-6)21(34-5)13-19(20)25(33)29-23/h7-11,13-14,19H,1,12,15-16H2,2-6H3. The van der Waals surface area contributed by atoms with Gasteiger partial charge in [0, 0.05) is 12.6 Å². The van der Waals surface area contributed by atoms with E-state index in [0.29, 0.717) is 46.3 Å². The summed E-state index contributed by atoms with van der Waals surface area (Å²) in [5.74, 6) is 2.34. The molecule has 0 bridgehead atoms. The van der Waals surface area contributed by atoms with Crippen LogP contribution in [-0.4, -0.2) is 52.2 Å². The van der Waals surface area contributed by atoms with Gasteiger partial charge < -0.3 is 14.2 Å². The van der Waals surface area contributed by atoms with Gasteiger partial charge in [-0.15, -0.1) is 16.8 Å². The predicted octanol–water partition coefficient (Wildman–Crippen LogP) is 4.50. The maximum Gasteiger partial charge on any atom is 0.260 e. The van der Waals surface area contributed by atoms with Crippen molar-refractivity contribution < 1.29 is 19.0 Å². The summed E-state index contributed by atoms with van der Waals surface area (Å²) in [5, 5.41) is 9.31. The van der Waals surface area contributed by atoms with Gasteiger partial charge in [0.25, 0.3) is 5.91 Å². The van der Waals surface area contributed by atoms with E-state index in [0.717, 1.165) is 5.75 Å². The highest BCUT2D eigenvalue weighted by atomic mass is 32.2. The molecule has 0 spiro atoms. The second-order valence-corrected chi connectivity index (χ2v) is 10.4. The van der Waals surface area contributed by atoms with Crippen LogP contribution in [0.3, 0.4) is 0 Å². The number of thioether (sulfide) groups is 1. The fraction of sp³-hybridized carbons (Fsp3) is 0.370. The Balaban J connectivity index is 1.44. The number of carbonyl (C=O) groups excluding carboxylic acids is 1. The van der Waals surface area contributed by atoms with Crippen molar-refractivity contribution in [2.75, 3.05) is 20.0 Å². The molecule has 1 amide bonds. The Morgan fingerprint density at radius 1 is 1.08 bits per heavy atom. The molecule has 1 aliphatic carbocycles. The largest absolute Gasteiger partial charge is 0.493 e. The minimum absolute atomic E-state index is 0.0800. The zero-order valence-corrected chi connectivity index (χ0v) is 22.5. The fourth-order valence-corrected chi connectivity index (χ4v) is 4.67. The number of amides is 1. The number of methoxy groups -OCH3 is 2. The molecule has 1 aliphatic heterocycles. The second kappa shape index (κ2) is 11.2. The number of benzene rings is 1. The second-order valence-electron chi connectivity index (χ2n) is 9.48. The smallest absolute Gasteiger partial charge is 0.260 e. The molecule has 1 atom stereocenters. The molecule has 0 saturated heterocycles. The molecular formula is C27H31N5O4S. The normalized spacial score (nSPS) is 17.2. The molecule has 1 aromatic heterocycles. The number of nitrogens with zero attached hydrogens (tertiary/aromatic N) is 5. The van der Waals surface area contributed by atoms with E-state index < -0.39 is 5.92 Å². The average Bonchev–Trinajstić information content (AvgIpc) is 3.26. The molecule has 1 unspecified atom stereocenters. The minimum atomic E-state index is -0.576. The average molecular weight is 522 g/mol. The lowest BCUT2D eigenvalue weighted by Gasteiger charge is -2.22. The first-order valence-electron chi connectivity index (χ1n) is 11.8. The predicted molar refractivity (Wildman–Crippen MR) is 144 cm³/mol. The first-order valence-corrected chi connectivity index (χ1v) is 12.8. The Kier molecular flexibility index (Phi) is 7.97. The summed E-state index contributed by atoms with van der Waals surface area (Å²) in [5.41, 5.74) is 1.90. The van der Waals surface area contributed by atoms with E-state index in [2.05, 4.69) is 59.7 Å². The van der Waals surface area contributed by atoms with Crippen molar-refractivity contribution >= 4 is 29.2 Å². The summed E-state index contributed by atoms with van der Waals surface area (Å²) in [6.45, 7) is 11.2. The number of aliphatic imine (C=N–C) groups is 2. The van der Waals surface area contributed by atoms with E-state index in [1.54, 1.807) is 25.3 Å². The lowest BCUT2D eigenvalue weighted by atomic mass is 9.87. The molecule has 1 aromatic carbocycles. The van der Waals surface area contributed by atoms with Crippen LogP contribution in [0.1, 0.15) is 32.2 Å². The topological polar surface area (TPSA) is 100 Å². The van der Waals surface area contributed by atoms with Crippen molar-refractivity contribution in [2.45, 2.75) is 44.5 Å². The number of allylic oxidation sites excluding steroid dienone is 2. The van der Waals surface area contributed by atoms with Gasteiger partial charge in [-0.3, -0.25) is 9.36 Å². The Hall–Kier alpha value is -3.66. The number of aromatic nitrogens is 3. The van der Waals surface area contributed by atoms with Gasteiger partial charge >= 0.3 is 0 Å². The van der Waals surface area contributed by atoms with Crippen LogP contribution in [0.5, 0.6) is 5.75 Å². The van der Waals surface area contributed by atoms with Crippen LogP contribution in [0.15, 0.2) is 75.7 Å². The van der Waals surface area contributed by atoms with Crippen molar-refractivity contribution in [2.24, 2.45) is 15.9 Å². The molecule has 194 valence electrons. The molecule has 0 radical (unpaired) electrons. The molecule has 37 heavy (non-hydrogen) atoms. The summed E-state index contributed by atoms with van der Waals surface area (Å²) in [6, 6.07) is 8.09. The Morgan fingerprint density at radius 3 is 2.46 bits per heavy atom. The summed E-state index contributed by atoms with van der Waals surface area (Å²) >= 11 is 1.40. The molecule has 2 aliphatic rings. The summed E-state index contributed by atoms with van der Waals surface area (Å²) in [4.78, 5) is 21.4. The lowest BCUT2D eigenvalue weighted by molar-refractivity contribution is -0.118. The minimum Gasteiger partial charge on any atom is -0.493 e. The molecule has 4 rings (SSSR count). The highest BCUT2D eigenvalue weighted by Crippen LogP contribution is 2.28. The summed E-state index contributed by atoms with van der Waals surface area (Å²) in [6.07, 6.45) is 5.17. The van der Waals surface area contributed by atoms with Crippen LogP contribution in [0, 0.1) is 5.92 Å². The quantitative estimate of drug-likeness (QED) is 0.335. The molecular weight excluding hydrogens is 490 g/mol. The van der Waals surface area contributed by atoms with Crippen molar-refractivity contribution in [3.8, 4) is 5.75 Å². The van der Waals surface area contributed by atoms with Crippen molar-refractivity contribution in [3.05, 3.63) is 72.0 Å². The van der Waals surface area contributed by atoms with Gasteiger partial charge in [-0.2, -0.15) is 4.99 Å². The molecule has 2 aromatic rings. The van der Waals surface area contributed by atoms with Crippen LogP contribution >= 0.6 is 11.8 Å². The van der Waals surface area contributed by atoms with Gasteiger partial charge in [0.05, 0.1) is 25.7 Å². The van der Waals surface area contributed by atoms with Gasteiger partial charge in [-0.1, -0.05) is 50.7 Å². The van der Waals surface area contributed by atoms with Crippen LogP contribution in [0.2, 0.25) is 0 Å². The van der Waals surface area contributed by atoms with E-state index >= 15 is 0 Å². The number of ether oxygens (including phenoxy) is 3. The van der Waals surface area contributed by atoms with E-state index in [1.807, 2.05) is 16.7 Å². The number of carbonyl (C=O) groups is 1. The Labute approximate surface area is 221 Å². The maximum atomic E-state index is 12.7. The van der Waals surface area contributed by atoms with Gasteiger partial charge in [0.1, 0.15) is 24.1 Å². The number of amidine groups is 1. The molecule has 0 saturated carbocycles. The third kappa shape index (κ3) is 6.02.